The van der Waals surface area contributed by atoms with Crippen LogP contribution >= 0.6 is 0 Å². The average molecular weight is 172 g/mol. The van der Waals surface area contributed by atoms with E-state index >= 15 is 0 Å². The zero-order chi connectivity index (χ0) is 8.86. The van der Waals surface area contributed by atoms with Gasteiger partial charge in [0.1, 0.15) is 0 Å². The molecule has 1 fully saturated rings. The molecule has 0 aromatic rings. The van der Waals surface area contributed by atoms with E-state index in [1.54, 1.807) is 0 Å². The molecule has 0 N–H and O–H groups in total. The minimum Gasteiger partial charge on any atom is -0.373 e. The lowest BCUT2D eigenvalue weighted by Crippen LogP contribution is -2.33. The highest BCUT2D eigenvalue weighted by molar-refractivity contribution is 6.78. The van der Waals surface area contributed by atoms with Gasteiger partial charge in [-0.25, -0.2) is 0 Å². The molecule has 0 spiro atoms. The second-order valence-corrected chi connectivity index (χ2v) is 11.0. The van der Waals surface area contributed by atoms with Crippen molar-refractivity contribution in [3.63, 3.8) is 0 Å². The van der Waals surface area contributed by atoms with Gasteiger partial charge >= 0.3 is 0 Å². The molecule has 0 saturated carbocycles. The normalized spacial score (nSPS) is 32.2. The summed E-state index contributed by atoms with van der Waals surface area (Å²) < 4.78 is 5.71. The lowest BCUT2D eigenvalue weighted by atomic mass is 9.93. The smallest absolute Gasteiger partial charge is 0.0855 e. The molecular formula is C9H20OSi. The zero-order valence-corrected chi connectivity index (χ0v) is 9.56. The Morgan fingerprint density at radius 3 is 1.64 bits per heavy atom. The molecular weight excluding hydrogens is 152 g/mol. The summed E-state index contributed by atoms with van der Waals surface area (Å²) in [6.07, 6.45) is 0.536. The molecule has 1 saturated heterocycles. The highest BCUT2D eigenvalue weighted by atomic mass is 28.3. The van der Waals surface area contributed by atoms with Crippen molar-refractivity contribution in [1.82, 2.24) is 0 Å². The van der Waals surface area contributed by atoms with Crippen LogP contribution in [-0.4, -0.2) is 19.9 Å². The molecule has 1 aliphatic heterocycles. The summed E-state index contributed by atoms with van der Waals surface area (Å²) in [5.41, 5.74) is 0.966. The number of ether oxygens (including phenoxy) is 1. The molecule has 0 radical (unpaired) electrons. The molecule has 0 aromatic carbocycles. The Labute approximate surface area is 71.1 Å². The monoisotopic (exact) mass is 172 g/mol. The first kappa shape index (κ1) is 9.27. The Balaban J connectivity index is 2.51. The third kappa shape index (κ3) is 2.06. The van der Waals surface area contributed by atoms with Crippen molar-refractivity contribution in [2.24, 2.45) is 5.41 Å². The fourth-order valence-corrected chi connectivity index (χ4v) is 3.39. The van der Waals surface area contributed by atoms with Crippen molar-refractivity contribution in [3.8, 4) is 0 Å². The zero-order valence-electron chi connectivity index (χ0n) is 8.56. The first-order valence-electron chi connectivity index (χ1n) is 4.38. The van der Waals surface area contributed by atoms with Crippen molar-refractivity contribution in [1.29, 1.82) is 0 Å². The van der Waals surface area contributed by atoms with Crippen LogP contribution < -0.4 is 0 Å². The van der Waals surface area contributed by atoms with Crippen LogP contribution in [0.2, 0.25) is 19.6 Å². The lowest BCUT2D eigenvalue weighted by molar-refractivity contribution is 0.264. The third-order valence-corrected chi connectivity index (χ3v) is 4.34. The van der Waals surface area contributed by atoms with Crippen LogP contribution in [-0.2, 0) is 4.74 Å². The average Bonchev–Trinajstić information content (AvgIpc) is 2.30. The van der Waals surface area contributed by atoms with Crippen LogP contribution in [0.5, 0.6) is 0 Å². The van der Waals surface area contributed by atoms with Crippen LogP contribution in [0, 0.1) is 5.41 Å². The summed E-state index contributed by atoms with van der Waals surface area (Å²) in [7, 11) is -1.02. The summed E-state index contributed by atoms with van der Waals surface area (Å²) in [5.74, 6) is 0. The summed E-state index contributed by atoms with van der Waals surface area (Å²) in [6.45, 7) is 13.9. The van der Waals surface area contributed by atoms with Crippen LogP contribution in [0.15, 0.2) is 0 Å². The number of hydrogen-bond acceptors (Lipinski definition) is 1. The summed E-state index contributed by atoms with van der Waals surface area (Å²) >= 11 is 0. The van der Waals surface area contributed by atoms with Gasteiger partial charge in [0.25, 0.3) is 0 Å². The second-order valence-electron chi connectivity index (χ2n) is 5.71. The fraction of sp³-hybridized carbons (Fsp3) is 1.00. The predicted molar refractivity (Wildman–Crippen MR) is 51.5 cm³/mol. The Morgan fingerprint density at radius 2 is 1.55 bits per heavy atom. The largest absolute Gasteiger partial charge is 0.373 e. The number of rotatable bonds is 1. The van der Waals surface area contributed by atoms with Gasteiger partial charge in [-0.1, -0.05) is 40.4 Å². The van der Waals surface area contributed by atoms with Gasteiger partial charge in [-0.15, -0.1) is 0 Å². The van der Waals surface area contributed by atoms with Crippen molar-refractivity contribution in [2.75, 3.05) is 0 Å². The van der Waals surface area contributed by atoms with Gasteiger partial charge in [0.2, 0.25) is 0 Å². The van der Waals surface area contributed by atoms with E-state index in [2.05, 4.69) is 40.4 Å². The quantitative estimate of drug-likeness (QED) is 0.437. The van der Waals surface area contributed by atoms with Gasteiger partial charge in [-0.05, 0) is 5.41 Å². The molecule has 1 aliphatic rings. The van der Waals surface area contributed by atoms with E-state index in [9.17, 15) is 0 Å². The number of hydrogen-bond donors (Lipinski definition) is 0. The van der Waals surface area contributed by atoms with E-state index in [0.717, 1.165) is 0 Å². The minimum atomic E-state index is -1.02. The molecule has 0 aliphatic carbocycles. The molecule has 0 unspecified atom stereocenters. The summed E-state index contributed by atoms with van der Waals surface area (Å²) in [4.78, 5) is 0. The van der Waals surface area contributed by atoms with Crippen LogP contribution in [0.3, 0.4) is 0 Å². The standard InChI is InChI=1S/C9H20OSi/c1-9(2,3)7-8(10-7)11(4,5)6/h7-8H,1-6H3/t7-,8+/m1/s1. The van der Waals surface area contributed by atoms with E-state index in [-0.39, 0.29) is 0 Å². The van der Waals surface area contributed by atoms with Crippen LogP contribution in [0.25, 0.3) is 0 Å². The van der Waals surface area contributed by atoms with Gasteiger partial charge in [-0.2, -0.15) is 0 Å². The maximum Gasteiger partial charge on any atom is 0.0855 e. The Bertz CT molecular complexity index is 134. The molecule has 0 amide bonds. The van der Waals surface area contributed by atoms with Crippen molar-refractivity contribution in [3.05, 3.63) is 0 Å². The molecule has 11 heavy (non-hydrogen) atoms. The predicted octanol–water partition coefficient (Wildman–Crippen LogP) is 2.68. The topological polar surface area (TPSA) is 12.5 Å². The third-order valence-electron chi connectivity index (χ3n) is 2.20. The molecule has 2 heteroatoms. The summed E-state index contributed by atoms with van der Waals surface area (Å²) in [5, 5.41) is 0. The van der Waals surface area contributed by atoms with Gasteiger partial charge in [0.05, 0.1) is 19.9 Å². The molecule has 1 rings (SSSR count). The van der Waals surface area contributed by atoms with E-state index in [1.807, 2.05) is 0 Å². The molecule has 1 nitrogen and oxygen atoms in total. The molecule has 1 heterocycles. The van der Waals surface area contributed by atoms with Crippen LogP contribution in [0.4, 0.5) is 0 Å². The van der Waals surface area contributed by atoms with Crippen LogP contribution in [0.1, 0.15) is 20.8 Å². The molecule has 2 atom stereocenters. The molecule has 0 aromatic heterocycles. The Kier molecular flexibility index (Phi) is 1.96. The first-order chi connectivity index (χ1) is 4.73. The van der Waals surface area contributed by atoms with Crippen molar-refractivity contribution < 1.29 is 4.74 Å². The van der Waals surface area contributed by atoms with Gasteiger partial charge in [0.15, 0.2) is 0 Å². The van der Waals surface area contributed by atoms with Crippen molar-refractivity contribution in [2.45, 2.75) is 52.2 Å². The maximum atomic E-state index is 5.71. The highest BCUT2D eigenvalue weighted by Gasteiger charge is 2.53. The highest BCUT2D eigenvalue weighted by Crippen LogP contribution is 2.42. The van der Waals surface area contributed by atoms with E-state index in [0.29, 0.717) is 17.2 Å². The van der Waals surface area contributed by atoms with E-state index in [4.69, 9.17) is 4.74 Å². The van der Waals surface area contributed by atoms with E-state index in [1.165, 1.54) is 0 Å². The molecule has 0 bridgehead atoms. The SMILES string of the molecule is CC(C)(C)[C@@H]1O[C@H]1[Si](C)(C)C. The first-order valence-corrected chi connectivity index (χ1v) is 7.96. The lowest BCUT2D eigenvalue weighted by Gasteiger charge is -2.18. The second kappa shape index (κ2) is 2.33. The minimum absolute atomic E-state index is 0.352. The fourth-order valence-electron chi connectivity index (χ4n) is 1.43. The van der Waals surface area contributed by atoms with Gasteiger partial charge < -0.3 is 4.74 Å². The van der Waals surface area contributed by atoms with Gasteiger partial charge in [-0.3, -0.25) is 0 Å². The Hall–Kier alpha value is 0.177. The van der Waals surface area contributed by atoms with E-state index < -0.39 is 8.07 Å². The maximum absolute atomic E-state index is 5.71. The van der Waals surface area contributed by atoms with Gasteiger partial charge in [0, 0.05) is 0 Å². The van der Waals surface area contributed by atoms with Crippen molar-refractivity contribution >= 4 is 8.07 Å². The Morgan fingerprint density at radius 1 is 1.09 bits per heavy atom. The molecule has 66 valence electrons. The summed E-state index contributed by atoms with van der Waals surface area (Å²) in [6, 6.07) is 0. The number of epoxide rings is 1.